The van der Waals surface area contributed by atoms with E-state index in [1.165, 1.54) is 12.1 Å². The van der Waals surface area contributed by atoms with Gasteiger partial charge in [0.15, 0.2) is 0 Å². The zero-order valence-corrected chi connectivity index (χ0v) is 33.5. The number of benzene rings is 11. The minimum atomic E-state index is -1.11. The van der Waals surface area contributed by atoms with Crippen LogP contribution in [-0.4, -0.2) is 35.7 Å². The van der Waals surface area contributed by atoms with Crippen molar-refractivity contribution in [2.24, 2.45) is 0 Å². The van der Waals surface area contributed by atoms with Crippen molar-refractivity contribution >= 4 is 64.6 Å². The van der Waals surface area contributed by atoms with Crippen LogP contribution in [0.15, 0.2) is 158 Å². The van der Waals surface area contributed by atoms with Crippen LogP contribution in [0.2, 0.25) is 0 Å². The maximum atomic E-state index is 12.5. The fourth-order valence-electron chi connectivity index (χ4n) is 9.65. The fraction of sp³-hybridized carbons (Fsp3) is 0.0909. The topological polar surface area (TPSA) is 142 Å². The molecule has 0 aliphatic rings. The third-order valence-electron chi connectivity index (χ3n) is 12.8. The third-order valence-corrected chi connectivity index (χ3v) is 12.8. The Labute approximate surface area is 355 Å². The molecule has 62 heavy (non-hydrogen) atoms. The summed E-state index contributed by atoms with van der Waals surface area (Å²) in [4.78, 5) is 0. The van der Waals surface area contributed by atoms with Gasteiger partial charge >= 0.3 is 0 Å². The minimum Gasteiger partial charge on any atom is -0.508 e. The van der Waals surface area contributed by atoms with Crippen molar-refractivity contribution in [1.82, 2.24) is 0 Å². The van der Waals surface area contributed by atoms with E-state index in [1.54, 1.807) is 48.5 Å². The first-order chi connectivity index (χ1) is 30.0. The van der Waals surface area contributed by atoms with Crippen LogP contribution >= 0.6 is 0 Å². The molecule has 7 nitrogen and oxygen atoms in total. The van der Waals surface area contributed by atoms with Crippen LogP contribution in [0.3, 0.4) is 0 Å². The van der Waals surface area contributed by atoms with Gasteiger partial charge in [-0.3, -0.25) is 0 Å². The number of aromatic hydroxyl groups is 3. The standard InChI is InChI=1S/C55H40O7/c1-28-2-4-31(5-3-28)54(61)46-22-34-7-8-35-23-47(55(62)36-9-6-33-21-41(58)19-14-32(33)20-36)45-27-38(53(60)30-12-17-40(57)18-13-30)25-43-42-24-37(52(59)29-10-15-39(56)16-11-29)26-44(46)50(42)48(34)49(35)51(43)45/h2-27,52-62H,1H3. The van der Waals surface area contributed by atoms with Crippen LogP contribution in [0.5, 0.6) is 17.2 Å². The van der Waals surface area contributed by atoms with Gasteiger partial charge in [-0.25, -0.2) is 0 Å². The Morgan fingerprint density at radius 1 is 0.290 bits per heavy atom. The molecule has 7 N–H and O–H groups in total. The highest BCUT2D eigenvalue weighted by Crippen LogP contribution is 2.51. The zero-order valence-electron chi connectivity index (χ0n) is 33.5. The van der Waals surface area contributed by atoms with Crippen LogP contribution in [0.1, 0.15) is 74.5 Å². The molecule has 4 unspecified atom stereocenters. The Morgan fingerprint density at radius 3 is 1.18 bits per heavy atom. The number of aliphatic hydroxyl groups excluding tert-OH is 4. The second-order valence-corrected chi connectivity index (χ2v) is 16.7. The lowest BCUT2D eigenvalue weighted by atomic mass is 9.79. The monoisotopic (exact) mass is 812 g/mol. The smallest absolute Gasteiger partial charge is 0.116 e. The predicted octanol–water partition coefficient (Wildman–Crippen LogP) is 11.2. The lowest BCUT2D eigenvalue weighted by Crippen LogP contribution is -2.07. The van der Waals surface area contributed by atoms with Crippen molar-refractivity contribution < 1.29 is 35.7 Å². The zero-order chi connectivity index (χ0) is 42.6. The lowest BCUT2D eigenvalue weighted by Gasteiger charge is -2.26. The Kier molecular flexibility index (Phi) is 8.62. The van der Waals surface area contributed by atoms with Gasteiger partial charge in [-0.05, 0) is 195 Å². The molecular formula is C55H40O7. The second kappa shape index (κ2) is 14.2. The molecule has 0 radical (unpaired) electrons. The van der Waals surface area contributed by atoms with Gasteiger partial charge in [0.1, 0.15) is 41.7 Å². The summed E-state index contributed by atoms with van der Waals surface area (Å²) in [6, 6.07) is 47.6. The van der Waals surface area contributed by atoms with E-state index in [0.29, 0.717) is 38.9 Å². The average molecular weight is 813 g/mol. The average Bonchev–Trinajstić information content (AvgIpc) is 3.29. The highest BCUT2D eigenvalue weighted by molar-refractivity contribution is 6.40. The summed E-state index contributed by atoms with van der Waals surface area (Å²) >= 11 is 0. The molecule has 0 fully saturated rings. The molecule has 7 heteroatoms. The Bertz CT molecular complexity index is 3500. The molecule has 11 aromatic carbocycles. The van der Waals surface area contributed by atoms with E-state index in [-0.39, 0.29) is 17.2 Å². The number of aryl methyl sites for hydroxylation is 1. The van der Waals surface area contributed by atoms with Crippen LogP contribution in [0.4, 0.5) is 0 Å². The van der Waals surface area contributed by atoms with Crippen molar-refractivity contribution in [3.05, 3.63) is 208 Å². The summed E-state index contributed by atoms with van der Waals surface area (Å²) < 4.78 is 0. The predicted molar refractivity (Wildman–Crippen MR) is 246 cm³/mol. The number of phenolic OH excluding ortho intramolecular Hbond substituents is 3. The first-order valence-electron chi connectivity index (χ1n) is 20.6. The number of fused-ring (bicyclic) bond motifs is 2. The molecule has 11 aromatic rings. The first kappa shape index (κ1) is 37.7. The van der Waals surface area contributed by atoms with Gasteiger partial charge in [0.25, 0.3) is 0 Å². The highest BCUT2D eigenvalue weighted by Gasteiger charge is 2.28. The van der Waals surface area contributed by atoms with E-state index in [0.717, 1.165) is 75.8 Å². The quantitative estimate of drug-likeness (QED) is 0.0598. The molecule has 11 rings (SSSR count). The molecule has 4 atom stereocenters. The van der Waals surface area contributed by atoms with Crippen LogP contribution in [0, 0.1) is 6.92 Å². The molecular weight excluding hydrogens is 773 g/mol. The molecule has 302 valence electrons. The van der Waals surface area contributed by atoms with Gasteiger partial charge in [0.05, 0.1) is 0 Å². The van der Waals surface area contributed by atoms with Crippen LogP contribution < -0.4 is 0 Å². The maximum absolute atomic E-state index is 12.5. The lowest BCUT2D eigenvalue weighted by molar-refractivity contribution is 0.219. The Morgan fingerprint density at radius 2 is 0.661 bits per heavy atom. The first-order valence-corrected chi connectivity index (χ1v) is 20.6. The van der Waals surface area contributed by atoms with Crippen LogP contribution in [-0.2, 0) is 0 Å². The molecule has 0 amide bonds. The van der Waals surface area contributed by atoms with Gasteiger partial charge in [0, 0.05) is 0 Å². The van der Waals surface area contributed by atoms with Gasteiger partial charge in [-0.2, -0.15) is 0 Å². The van der Waals surface area contributed by atoms with E-state index in [1.807, 2.05) is 91.9 Å². The van der Waals surface area contributed by atoms with Gasteiger partial charge in [0.2, 0.25) is 0 Å². The van der Waals surface area contributed by atoms with Crippen molar-refractivity contribution in [3.8, 4) is 17.2 Å². The molecule has 0 aliphatic heterocycles. The largest absolute Gasteiger partial charge is 0.508 e. The summed E-state index contributed by atoms with van der Waals surface area (Å²) in [6.45, 7) is 2.01. The summed E-state index contributed by atoms with van der Waals surface area (Å²) in [5, 5.41) is 89.7. The molecule has 0 aliphatic carbocycles. The van der Waals surface area contributed by atoms with E-state index >= 15 is 0 Å². The number of aliphatic hydroxyl groups is 4. The minimum absolute atomic E-state index is 0.0766. The second-order valence-electron chi connectivity index (χ2n) is 16.7. The van der Waals surface area contributed by atoms with E-state index in [4.69, 9.17) is 0 Å². The third kappa shape index (κ3) is 5.97. The van der Waals surface area contributed by atoms with E-state index < -0.39 is 24.4 Å². The van der Waals surface area contributed by atoms with Gasteiger partial charge < -0.3 is 35.7 Å². The van der Waals surface area contributed by atoms with Crippen molar-refractivity contribution in [1.29, 1.82) is 0 Å². The van der Waals surface area contributed by atoms with E-state index in [9.17, 15) is 35.7 Å². The number of hydrogen-bond acceptors (Lipinski definition) is 7. The van der Waals surface area contributed by atoms with Gasteiger partial charge in [-0.15, -0.1) is 0 Å². The normalized spacial score (nSPS) is 14.1. The molecule has 0 saturated heterocycles. The van der Waals surface area contributed by atoms with Crippen LogP contribution in [0.25, 0.3) is 64.6 Å². The van der Waals surface area contributed by atoms with Gasteiger partial charge in [-0.1, -0.05) is 84.4 Å². The summed E-state index contributed by atoms with van der Waals surface area (Å²) in [6.07, 6.45) is -4.30. The SMILES string of the molecule is Cc1ccc(C(O)c2cc3ccc4cc(C(O)c5ccc6cc(O)ccc6c5)c5cc(C(O)c6ccc(O)cc6)cc6c7cc(C(O)c8ccc(O)cc8)cc2c7c3c4c56)cc1. The highest BCUT2D eigenvalue weighted by atomic mass is 16.3. The van der Waals surface area contributed by atoms with Crippen molar-refractivity contribution in [2.45, 2.75) is 31.3 Å². The fourth-order valence-corrected chi connectivity index (χ4v) is 9.65. The van der Waals surface area contributed by atoms with Crippen molar-refractivity contribution in [2.75, 3.05) is 0 Å². The molecule has 0 saturated carbocycles. The van der Waals surface area contributed by atoms with E-state index in [2.05, 4.69) is 12.1 Å². The van der Waals surface area contributed by atoms with Crippen molar-refractivity contribution in [3.63, 3.8) is 0 Å². The maximum Gasteiger partial charge on any atom is 0.116 e. The summed E-state index contributed by atoms with van der Waals surface area (Å²) in [5.74, 6) is 0.315. The molecule has 0 heterocycles. The molecule has 0 aromatic heterocycles. The number of phenols is 3. The molecule has 0 spiro atoms. The number of rotatable bonds is 8. The number of hydrogen-bond donors (Lipinski definition) is 7. The Balaban J connectivity index is 1.26. The summed E-state index contributed by atoms with van der Waals surface area (Å²) in [7, 11) is 0. The summed E-state index contributed by atoms with van der Waals surface area (Å²) in [5.41, 5.74) is 6.04. The Hall–Kier alpha value is -7.26. The molecule has 0 bridgehead atoms.